The molecule has 5 nitrogen and oxygen atoms in total. The largest absolute Gasteiger partial charge is 0.378 e. The molecule has 0 atom stereocenters. The maximum absolute atomic E-state index is 12.6. The molecule has 0 saturated heterocycles. The molecule has 2 aromatic carbocycles. The smallest absolute Gasteiger partial charge is 0.266 e. The van der Waals surface area contributed by atoms with Crippen molar-refractivity contribution in [1.82, 2.24) is 4.57 Å². The molecule has 0 unspecified atom stereocenters. The van der Waals surface area contributed by atoms with Gasteiger partial charge in [0.05, 0.1) is 0 Å². The Morgan fingerprint density at radius 1 is 1.13 bits per heavy atom. The van der Waals surface area contributed by atoms with Crippen molar-refractivity contribution in [3.63, 3.8) is 0 Å². The summed E-state index contributed by atoms with van der Waals surface area (Å²) in [4.78, 5) is 14.7. The maximum atomic E-state index is 12.6. The number of nitrogens with one attached hydrogen (secondary N) is 1. The van der Waals surface area contributed by atoms with Gasteiger partial charge in [0.25, 0.3) is 5.91 Å². The number of rotatable bonds is 5. The van der Waals surface area contributed by atoms with Crippen LogP contribution in [0.15, 0.2) is 64.6 Å². The normalized spacial score (nSPS) is 11.1. The third-order valence-electron chi connectivity index (χ3n) is 4.84. The van der Waals surface area contributed by atoms with Crippen molar-refractivity contribution in [3.8, 4) is 11.8 Å². The van der Waals surface area contributed by atoms with Crippen LogP contribution in [0, 0.1) is 25.2 Å². The molecule has 0 aliphatic carbocycles. The van der Waals surface area contributed by atoms with Crippen LogP contribution in [0.25, 0.3) is 11.8 Å². The van der Waals surface area contributed by atoms with Crippen LogP contribution in [0.1, 0.15) is 17.0 Å². The second kappa shape index (κ2) is 9.02. The van der Waals surface area contributed by atoms with Gasteiger partial charge in [0, 0.05) is 47.0 Å². The second-order valence-corrected chi connectivity index (χ2v) is 8.12. The number of anilines is 2. The van der Waals surface area contributed by atoms with Gasteiger partial charge in [-0.3, -0.25) is 4.79 Å². The van der Waals surface area contributed by atoms with Gasteiger partial charge >= 0.3 is 0 Å². The van der Waals surface area contributed by atoms with Crippen LogP contribution in [-0.2, 0) is 4.79 Å². The van der Waals surface area contributed by atoms with Crippen molar-refractivity contribution in [3.05, 3.63) is 81.6 Å². The molecule has 1 heterocycles. The van der Waals surface area contributed by atoms with Crippen molar-refractivity contribution in [2.24, 2.45) is 0 Å². The number of hydrogen-bond acceptors (Lipinski definition) is 3. The quantitative estimate of drug-likeness (QED) is 0.403. The van der Waals surface area contributed by atoms with Crippen molar-refractivity contribution >= 4 is 39.3 Å². The lowest BCUT2D eigenvalue weighted by atomic mass is 10.1. The van der Waals surface area contributed by atoms with E-state index in [0.717, 1.165) is 32.8 Å². The number of carbonyl (C=O) groups is 1. The summed E-state index contributed by atoms with van der Waals surface area (Å²) in [6.45, 7) is 4.00. The van der Waals surface area contributed by atoms with Crippen LogP contribution in [0.3, 0.4) is 0 Å². The molecule has 0 bridgehead atoms. The molecule has 3 aromatic rings. The van der Waals surface area contributed by atoms with Crippen LogP contribution in [0.4, 0.5) is 11.4 Å². The van der Waals surface area contributed by atoms with Crippen molar-refractivity contribution in [2.45, 2.75) is 13.8 Å². The highest BCUT2D eigenvalue weighted by molar-refractivity contribution is 9.10. The minimum atomic E-state index is -0.435. The number of carbonyl (C=O) groups excluding carboxylic acids is 1. The van der Waals surface area contributed by atoms with E-state index in [0.29, 0.717) is 5.69 Å². The average Bonchev–Trinajstić information content (AvgIpc) is 2.99. The van der Waals surface area contributed by atoms with Crippen LogP contribution in [0.2, 0.25) is 0 Å². The Labute approximate surface area is 185 Å². The summed E-state index contributed by atoms with van der Waals surface area (Å²) < 4.78 is 2.97. The van der Waals surface area contributed by atoms with Crippen LogP contribution >= 0.6 is 15.9 Å². The molecular formula is C24H23BrN4O. The fourth-order valence-corrected chi connectivity index (χ4v) is 3.70. The standard InChI is InChI=1S/C24H23BrN4O/c1-16-12-18(17(2)29(16)23-10-8-22(9-11-23)28(3)4)13-19(15-26)24(30)27-21-7-5-6-20(25)14-21/h5-14H,1-4H3,(H,27,30)/b19-13-. The Hall–Kier alpha value is -3.30. The average molecular weight is 463 g/mol. The first-order chi connectivity index (χ1) is 14.3. The van der Waals surface area contributed by atoms with E-state index in [2.05, 4.69) is 55.0 Å². The van der Waals surface area contributed by atoms with E-state index in [1.807, 2.05) is 52.2 Å². The van der Waals surface area contributed by atoms with Crippen LogP contribution < -0.4 is 10.2 Å². The number of benzene rings is 2. The minimum Gasteiger partial charge on any atom is -0.378 e. The van der Waals surface area contributed by atoms with Gasteiger partial charge in [0.2, 0.25) is 0 Å². The Kier molecular flexibility index (Phi) is 6.43. The van der Waals surface area contributed by atoms with Gasteiger partial charge in [-0.2, -0.15) is 5.26 Å². The van der Waals surface area contributed by atoms with E-state index in [-0.39, 0.29) is 5.57 Å². The zero-order chi connectivity index (χ0) is 21.8. The Balaban J connectivity index is 1.91. The van der Waals surface area contributed by atoms with Crippen LogP contribution in [0.5, 0.6) is 0 Å². The summed E-state index contributed by atoms with van der Waals surface area (Å²) in [6, 6.07) is 19.5. The molecule has 152 valence electrons. The summed E-state index contributed by atoms with van der Waals surface area (Å²) in [5.41, 5.74) is 5.67. The molecule has 0 aliphatic heterocycles. The van der Waals surface area contributed by atoms with E-state index in [9.17, 15) is 10.1 Å². The molecular weight excluding hydrogens is 440 g/mol. The highest BCUT2D eigenvalue weighted by atomic mass is 79.9. The fourth-order valence-electron chi connectivity index (χ4n) is 3.30. The minimum absolute atomic E-state index is 0.0539. The Bertz CT molecular complexity index is 1150. The third kappa shape index (κ3) is 4.64. The monoisotopic (exact) mass is 462 g/mol. The predicted molar refractivity (Wildman–Crippen MR) is 126 cm³/mol. The van der Waals surface area contributed by atoms with Gasteiger partial charge in [-0.15, -0.1) is 0 Å². The van der Waals surface area contributed by atoms with Crippen LogP contribution in [-0.4, -0.2) is 24.6 Å². The Morgan fingerprint density at radius 2 is 1.83 bits per heavy atom. The van der Waals surface area contributed by atoms with Gasteiger partial charge in [0.1, 0.15) is 11.6 Å². The maximum Gasteiger partial charge on any atom is 0.266 e. The summed E-state index contributed by atoms with van der Waals surface area (Å²) in [7, 11) is 4.01. The van der Waals surface area contributed by atoms with E-state index >= 15 is 0 Å². The van der Waals surface area contributed by atoms with Crippen molar-refractivity contribution in [1.29, 1.82) is 5.26 Å². The number of aromatic nitrogens is 1. The topological polar surface area (TPSA) is 61.1 Å². The molecule has 0 aliphatic rings. The summed E-state index contributed by atoms with van der Waals surface area (Å²) in [6.07, 6.45) is 1.64. The van der Waals surface area contributed by atoms with Gasteiger partial charge in [-0.1, -0.05) is 22.0 Å². The van der Waals surface area contributed by atoms with Gasteiger partial charge in [-0.05, 0) is 74.0 Å². The fraction of sp³-hybridized carbons (Fsp3) is 0.167. The van der Waals surface area contributed by atoms with Gasteiger partial charge < -0.3 is 14.8 Å². The third-order valence-corrected chi connectivity index (χ3v) is 5.34. The lowest BCUT2D eigenvalue weighted by molar-refractivity contribution is -0.112. The molecule has 0 spiro atoms. The molecule has 0 saturated carbocycles. The zero-order valence-electron chi connectivity index (χ0n) is 17.4. The first-order valence-corrected chi connectivity index (χ1v) is 10.2. The molecule has 3 rings (SSSR count). The Morgan fingerprint density at radius 3 is 2.43 bits per heavy atom. The number of nitrogens with zero attached hydrogens (tertiary/aromatic N) is 3. The number of amides is 1. The summed E-state index contributed by atoms with van der Waals surface area (Å²) in [5.74, 6) is -0.435. The first-order valence-electron chi connectivity index (χ1n) is 9.45. The predicted octanol–water partition coefficient (Wildman–Crippen LogP) is 5.47. The SMILES string of the molecule is Cc1cc(/C=C(/C#N)C(=O)Nc2cccc(Br)c2)c(C)n1-c1ccc(N(C)C)cc1. The van der Waals surface area contributed by atoms with Gasteiger partial charge in [-0.25, -0.2) is 0 Å². The molecule has 1 aromatic heterocycles. The number of nitriles is 1. The number of aryl methyl sites for hydroxylation is 1. The van der Waals surface area contributed by atoms with Crippen molar-refractivity contribution < 1.29 is 4.79 Å². The lowest BCUT2D eigenvalue weighted by Gasteiger charge is -2.14. The molecule has 6 heteroatoms. The number of halogens is 1. The highest BCUT2D eigenvalue weighted by Crippen LogP contribution is 2.25. The lowest BCUT2D eigenvalue weighted by Crippen LogP contribution is -2.13. The van der Waals surface area contributed by atoms with E-state index in [1.54, 1.807) is 18.2 Å². The highest BCUT2D eigenvalue weighted by Gasteiger charge is 2.14. The molecule has 30 heavy (non-hydrogen) atoms. The van der Waals surface area contributed by atoms with Gasteiger partial charge in [0.15, 0.2) is 0 Å². The molecule has 1 amide bonds. The van der Waals surface area contributed by atoms with Crippen molar-refractivity contribution in [2.75, 3.05) is 24.3 Å². The van der Waals surface area contributed by atoms with E-state index in [1.165, 1.54) is 0 Å². The summed E-state index contributed by atoms with van der Waals surface area (Å²) >= 11 is 3.38. The zero-order valence-corrected chi connectivity index (χ0v) is 19.0. The molecule has 1 N–H and O–H groups in total. The summed E-state index contributed by atoms with van der Waals surface area (Å²) in [5, 5.41) is 12.3. The first kappa shape index (κ1) is 21.4. The number of hydrogen-bond donors (Lipinski definition) is 1. The van der Waals surface area contributed by atoms with E-state index < -0.39 is 5.91 Å². The van der Waals surface area contributed by atoms with E-state index in [4.69, 9.17) is 0 Å². The molecule has 0 radical (unpaired) electrons. The second-order valence-electron chi connectivity index (χ2n) is 7.21. The molecule has 0 fully saturated rings.